The largest absolute Gasteiger partial charge is 0.506 e. The third-order valence-corrected chi connectivity index (χ3v) is 5.89. The molecule has 0 bridgehead atoms. The number of ether oxygens (including phenoxy) is 1. The van der Waals surface area contributed by atoms with Crippen molar-refractivity contribution in [3.8, 4) is 5.75 Å². The second-order valence-electron chi connectivity index (χ2n) is 7.70. The van der Waals surface area contributed by atoms with Crippen molar-refractivity contribution in [3.63, 3.8) is 0 Å². The van der Waals surface area contributed by atoms with Gasteiger partial charge in [-0.25, -0.2) is 4.79 Å². The molecular formula is C21H31NO4. The first kappa shape index (κ1) is 19.0. The van der Waals surface area contributed by atoms with E-state index in [0.717, 1.165) is 62.6 Å². The zero-order valence-corrected chi connectivity index (χ0v) is 15.9. The van der Waals surface area contributed by atoms with E-state index in [4.69, 9.17) is 4.74 Å². The predicted octanol–water partition coefficient (Wildman–Crippen LogP) is 3.97. The summed E-state index contributed by atoms with van der Waals surface area (Å²) < 4.78 is 6.88. The van der Waals surface area contributed by atoms with Crippen molar-refractivity contribution in [3.05, 3.63) is 27.2 Å². The number of esters is 1. The van der Waals surface area contributed by atoms with Gasteiger partial charge in [0.25, 0.3) is 5.56 Å². The third kappa shape index (κ3) is 3.97. The van der Waals surface area contributed by atoms with E-state index in [1.807, 2.05) is 4.57 Å². The first-order chi connectivity index (χ1) is 12.6. The molecule has 0 spiro atoms. The number of aromatic nitrogens is 1. The SMILES string of the molecule is CCOC(=O)c1c(O)c2c(n(CC3CCCCC3)c1=O)CCCCCC2. The lowest BCUT2D eigenvalue weighted by atomic mass is 9.88. The topological polar surface area (TPSA) is 68.5 Å². The molecule has 0 radical (unpaired) electrons. The summed E-state index contributed by atoms with van der Waals surface area (Å²) in [6.07, 6.45) is 11.8. The Labute approximate surface area is 155 Å². The molecule has 0 aromatic carbocycles. The van der Waals surface area contributed by atoms with Gasteiger partial charge in [-0.15, -0.1) is 0 Å². The van der Waals surface area contributed by atoms with Gasteiger partial charge in [0.05, 0.1) is 6.61 Å². The Balaban J connectivity index is 2.09. The van der Waals surface area contributed by atoms with Gasteiger partial charge in [-0.05, 0) is 51.4 Å². The summed E-state index contributed by atoms with van der Waals surface area (Å²) in [4.78, 5) is 25.5. The van der Waals surface area contributed by atoms with Gasteiger partial charge in [0.1, 0.15) is 5.75 Å². The molecule has 1 aromatic heterocycles. The second kappa shape index (κ2) is 8.74. The van der Waals surface area contributed by atoms with Crippen LogP contribution in [0, 0.1) is 5.92 Å². The molecule has 5 nitrogen and oxygen atoms in total. The average molecular weight is 361 g/mol. The van der Waals surface area contributed by atoms with Crippen LogP contribution in [0.3, 0.4) is 0 Å². The van der Waals surface area contributed by atoms with Gasteiger partial charge in [0, 0.05) is 17.8 Å². The number of aromatic hydroxyl groups is 1. The van der Waals surface area contributed by atoms with Crippen molar-refractivity contribution >= 4 is 5.97 Å². The van der Waals surface area contributed by atoms with Crippen LogP contribution in [0.15, 0.2) is 4.79 Å². The highest BCUT2D eigenvalue weighted by molar-refractivity contribution is 5.92. The molecule has 0 amide bonds. The number of pyridine rings is 1. The van der Waals surface area contributed by atoms with Crippen LogP contribution in [0.5, 0.6) is 5.75 Å². The molecule has 1 heterocycles. The highest BCUT2D eigenvalue weighted by Gasteiger charge is 2.28. The first-order valence-electron chi connectivity index (χ1n) is 10.3. The molecule has 26 heavy (non-hydrogen) atoms. The Morgan fingerprint density at radius 2 is 1.73 bits per heavy atom. The summed E-state index contributed by atoms with van der Waals surface area (Å²) in [5, 5.41) is 10.7. The molecule has 3 rings (SSSR count). The smallest absolute Gasteiger partial charge is 0.347 e. The Kier molecular flexibility index (Phi) is 6.38. The van der Waals surface area contributed by atoms with E-state index in [9.17, 15) is 14.7 Å². The molecule has 2 aliphatic carbocycles. The van der Waals surface area contributed by atoms with E-state index in [1.54, 1.807) is 6.92 Å². The van der Waals surface area contributed by atoms with E-state index in [2.05, 4.69) is 0 Å². The molecule has 1 N–H and O–H groups in total. The normalized spacial score (nSPS) is 18.7. The highest BCUT2D eigenvalue weighted by atomic mass is 16.5. The molecule has 1 aromatic rings. The Morgan fingerprint density at radius 1 is 1.08 bits per heavy atom. The van der Waals surface area contributed by atoms with Crippen LogP contribution in [0.4, 0.5) is 0 Å². The maximum atomic E-state index is 13.2. The predicted molar refractivity (Wildman–Crippen MR) is 101 cm³/mol. The van der Waals surface area contributed by atoms with E-state index >= 15 is 0 Å². The van der Waals surface area contributed by atoms with Gasteiger partial charge in [0.15, 0.2) is 5.56 Å². The summed E-state index contributed by atoms with van der Waals surface area (Å²) in [7, 11) is 0. The van der Waals surface area contributed by atoms with E-state index in [-0.39, 0.29) is 23.5 Å². The van der Waals surface area contributed by atoms with Crippen LogP contribution < -0.4 is 5.56 Å². The molecule has 0 aliphatic heterocycles. The summed E-state index contributed by atoms with van der Waals surface area (Å²) in [6.45, 7) is 2.56. The minimum absolute atomic E-state index is 0.134. The monoisotopic (exact) mass is 361 g/mol. The standard InChI is InChI=1S/C21H31NO4/c1-2-26-21(25)18-19(23)16-12-8-3-4-9-13-17(16)22(20(18)24)14-15-10-6-5-7-11-15/h15,23H,2-14H2,1H3. The second-order valence-corrected chi connectivity index (χ2v) is 7.70. The van der Waals surface area contributed by atoms with Crippen LogP contribution in [0.2, 0.25) is 0 Å². The first-order valence-corrected chi connectivity index (χ1v) is 10.3. The number of fused-ring (bicyclic) bond motifs is 1. The minimum atomic E-state index is -0.697. The fraction of sp³-hybridized carbons (Fsp3) is 0.714. The number of hydrogen-bond donors (Lipinski definition) is 1. The molecule has 5 heteroatoms. The van der Waals surface area contributed by atoms with Crippen LogP contribution in [0.1, 0.15) is 86.3 Å². The van der Waals surface area contributed by atoms with Gasteiger partial charge < -0.3 is 14.4 Å². The van der Waals surface area contributed by atoms with E-state index in [1.165, 1.54) is 19.3 Å². The molecular weight excluding hydrogens is 330 g/mol. The van der Waals surface area contributed by atoms with Crippen molar-refractivity contribution in [1.82, 2.24) is 4.57 Å². The lowest BCUT2D eigenvalue weighted by molar-refractivity contribution is 0.0519. The number of hydrogen-bond acceptors (Lipinski definition) is 4. The summed E-state index contributed by atoms with van der Waals surface area (Å²) in [5.74, 6) is -0.349. The summed E-state index contributed by atoms with van der Waals surface area (Å²) in [6, 6.07) is 0. The maximum absolute atomic E-state index is 13.2. The molecule has 0 saturated heterocycles. The van der Waals surface area contributed by atoms with Crippen LogP contribution >= 0.6 is 0 Å². The Morgan fingerprint density at radius 3 is 2.42 bits per heavy atom. The fourth-order valence-electron chi connectivity index (χ4n) is 4.51. The van der Waals surface area contributed by atoms with Crippen LogP contribution in [-0.2, 0) is 24.1 Å². The van der Waals surface area contributed by atoms with Crippen molar-refractivity contribution in [2.45, 2.75) is 84.1 Å². The minimum Gasteiger partial charge on any atom is -0.506 e. The molecule has 1 fully saturated rings. The lowest BCUT2D eigenvalue weighted by Gasteiger charge is -2.27. The summed E-state index contributed by atoms with van der Waals surface area (Å²) >= 11 is 0. The van der Waals surface area contributed by atoms with Crippen LogP contribution in [0.25, 0.3) is 0 Å². The van der Waals surface area contributed by atoms with Crippen molar-refractivity contribution < 1.29 is 14.6 Å². The molecule has 0 unspecified atom stereocenters. The van der Waals surface area contributed by atoms with E-state index in [0.29, 0.717) is 12.5 Å². The van der Waals surface area contributed by atoms with Crippen molar-refractivity contribution in [2.75, 3.05) is 6.61 Å². The van der Waals surface area contributed by atoms with Gasteiger partial charge in [-0.2, -0.15) is 0 Å². The number of nitrogens with zero attached hydrogens (tertiary/aromatic N) is 1. The Hall–Kier alpha value is -1.78. The van der Waals surface area contributed by atoms with Gasteiger partial charge in [-0.3, -0.25) is 4.79 Å². The fourth-order valence-corrected chi connectivity index (χ4v) is 4.51. The molecule has 144 valence electrons. The zero-order valence-electron chi connectivity index (χ0n) is 15.9. The molecule has 1 saturated carbocycles. The van der Waals surface area contributed by atoms with Crippen molar-refractivity contribution in [2.24, 2.45) is 5.92 Å². The Bertz CT molecular complexity index is 701. The van der Waals surface area contributed by atoms with Crippen molar-refractivity contribution in [1.29, 1.82) is 0 Å². The summed E-state index contributed by atoms with van der Waals surface area (Å²) in [5.41, 5.74) is 1.21. The average Bonchev–Trinajstić information content (AvgIpc) is 2.60. The highest BCUT2D eigenvalue weighted by Crippen LogP contribution is 2.31. The van der Waals surface area contributed by atoms with Gasteiger partial charge in [0.2, 0.25) is 0 Å². The number of carbonyl (C=O) groups is 1. The zero-order chi connectivity index (χ0) is 18.5. The van der Waals surface area contributed by atoms with Gasteiger partial charge >= 0.3 is 5.97 Å². The lowest BCUT2D eigenvalue weighted by Crippen LogP contribution is -2.34. The molecule has 2 aliphatic rings. The third-order valence-electron chi connectivity index (χ3n) is 5.89. The van der Waals surface area contributed by atoms with E-state index < -0.39 is 5.97 Å². The number of carbonyl (C=O) groups excluding carboxylic acids is 1. The van der Waals surface area contributed by atoms with Gasteiger partial charge in [-0.1, -0.05) is 32.1 Å². The van der Waals surface area contributed by atoms with Crippen LogP contribution in [-0.4, -0.2) is 22.2 Å². The number of rotatable bonds is 4. The quantitative estimate of drug-likeness (QED) is 0.824. The maximum Gasteiger partial charge on any atom is 0.347 e. The molecule has 0 atom stereocenters.